The maximum absolute atomic E-state index is 11.6. The molecule has 22 heavy (non-hydrogen) atoms. The zero-order valence-corrected chi connectivity index (χ0v) is 12.2. The highest BCUT2D eigenvalue weighted by molar-refractivity contribution is 5.88. The molecular formula is C15H17N5O2. The normalized spacial score (nSPS) is 13.3. The van der Waals surface area contributed by atoms with Crippen molar-refractivity contribution in [2.75, 3.05) is 17.7 Å². The molecule has 114 valence electrons. The minimum atomic E-state index is -0.243. The summed E-state index contributed by atoms with van der Waals surface area (Å²) in [4.78, 5) is 11.6. The molecule has 0 saturated heterocycles. The molecule has 0 bridgehead atoms. The van der Waals surface area contributed by atoms with Gasteiger partial charge >= 0.3 is 6.03 Å². The van der Waals surface area contributed by atoms with Crippen molar-refractivity contribution in [1.29, 1.82) is 0 Å². The third kappa shape index (κ3) is 3.85. The second-order valence-electron chi connectivity index (χ2n) is 5.03. The number of methoxy groups -OCH3 is 1. The van der Waals surface area contributed by atoms with Crippen molar-refractivity contribution >= 4 is 23.4 Å². The number of ether oxygens (including phenoxy) is 1. The van der Waals surface area contributed by atoms with E-state index in [0.717, 1.165) is 24.3 Å². The molecule has 1 saturated carbocycles. The third-order valence-corrected chi connectivity index (χ3v) is 3.18. The van der Waals surface area contributed by atoms with E-state index in [1.807, 2.05) is 24.3 Å². The van der Waals surface area contributed by atoms with Crippen LogP contribution in [-0.2, 0) is 0 Å². The number of nitrogens with one attached hydrogen (secondary N) is 3. The second kappa shape index (κ2) is 6.30. The standard InChI is InChI=1S/C15H17N5O2/c1-22-12-6-4-10(5-7-12)16-13-8-9-14(20-19-13)18-15(21)17-11-2-3-11/h4-9,11H,2-3H2,1H3,(H,16,19)(H2,17,18,20,21). The number of carbonyl (C=O) groups is 1. The van der Waals surface area contributed by atoms with Crippen LogP contribution >= 0.6 is 0 Å². The average molecular weight is 299 g/mol. The van der Waals surface area contributed by atoms with E-state index in [1.165, 1.54) is 0 Å². The van der Waals surface area contributed by atoms with Crippen LogP contribution in [0.1, 0.15) is 12.8 Å². The summed E-state index contributed by atoms with van der Waals surface area (Å²) in [5.41, 5.74) is 0.877. The maximum Gasteiger partial charge on any atom is 0.320 e. The molecule has 1 heterocycles. The maximum atomic E-state index is 11.6. The van der Waals surface area contributed by atoms with Crippen LogP contribution in [0.25, 0.3) is 0 Å². The highest BCUT2D eigenvalue weighted by atomic mass is 16.5. The quantitative estimate of drug-likeness (QED) is 0.789. The molecule has 7 nitrogen and oxygen atoms in total. The summed E-state index contributed by atoms with van der Waals surface area (Å²) in [6.45, 7) is 0. The zero-order valence-electron chi connectivity index (χ0n) is 12.2. The number of rotatable bonds is 5. The molecule has 3 rings (SSSR count). The molecule has 3 N–H and O–H groups in total. The molecule has 1 fully saturated rings. The Kier molecular flexibility index (Phi) is 4.04. The molecular weight excluding hydrogens is 282 g/mol. The Balaban J connectivity index is 1.56. The predicted octanol–water partition coefficient (Wildman–Crippen LogP) is 2.51. The van der Waals surface area contributed by atoms with Crippen LogP contribution in [0.15, 0.2) is 36.4 Å². The topological polar surface area (TPSA) is 88.2 Å². The molecule has 1 aromatic heterocycles. The van der Waals surface area contributed by atoms with Crippen molar-refractivity contribution in [3.05, 3.63) is 36.4 Å². The van der Waals surface area contributed by atoms with Crippen LogP contribution in [0.3, 0.4) is 0 Å². The first-order valence-electron chi connectivity index (χ1n) is 7.05. The Morgan fingerprint density at radius 1 is 1.09 bits per heavy atom. The lowest BCUT2D eigenvalue weighted by Crippen LogP contribution is -2.30. The molecule has 0 unspecified atom stereocenters. The Bertz CT molecular complexity index is 638. The minimum Gasteiger partial charge on any atom is -0.497 e. The number of urea groups is 1. The minimum absolute atomic E-state index is 0.243. The highest BCUT2D eigenvalue weighted by Gasteiger charge is 2.23. The number of hydrogen-bond acceptors (Lipinski definition) is 5. The molecule has 7 heteroatoms. The fraction of sp³-hybridized carbons (Fsp3) is 0.267. The van der Waals surface area contributed by atoms with E-state index in [2.05, 4.69) is 26.1 Å². The van der Waals surface area contributed by atoms with Gasteiger partial charge in [0.25, 0.3) is 0 Å². The van der Waals surface area contributed by atoms with Crippen LogP contribution in [0.4, 0.5) is 22.1 Å². The van der Waals surface area contributed by atoms with Crippen molar-refractivity contribution in [3.63, 3.8) is 0 Å². The smallest absolute Gasteiger partial charge is 0.320 e. The summed E-state index contributed by atoms with van der Waals surface area (Å²) in [6.07, 6.45) is 2.09. The van der Waals surface area contributed by atoms with Gasteiger partial charge in [0.05, 0.1) is 7.11 Å². The van der Waals surface area contributed by atoms with Crippen LogP contribution < -0.4 is 20.7 Å². The summed E-state index contributed by atoms with van der Waals surface area (Å²) < 4.78 is 5.10. The van der Waals surface area contributed by atoms with E-state index in [9.17, 15) is 4.79 Å². The summed E-state index contributed by atoms with van der Waals surface area (Å²) in [5, 5.41) is 16.6. The molecule has 2 amide bonds. The Hall–Kier alpha value is -2.83. The number of amides is 2. The van der Waals surface area contributed by atoms with Gasteiger partial charge in [0.2, 0.25) is 0 Å². The first-order valence-corrected chi connectivity index (χ1v) is 7.05. The lowest BCUT2D eigenvalue weighted by molar-refractivity contribution is 0.251. The molecule has 1 aliphatic carbocycles. The van der Waals surface area contributed by atoms with Gasteiger partial charge in [-0.15, -0.1) is 10.2 Å². The molecule has 0 aliphatic heterocycles. The van der Waals surface area contributed by atoms with Crippen molar-refractivity contribution in [3.8, 4) is 5.75 Å². The molecule has 1 aliphatic rings. The van der Waals surface area contributed by atoms with Crippen molar-refractivity contribution in [2.45, 2.75) is 18.9 Å². The fourth-order valence-electron chi connectivity index (χ4n) is 1.85. The van der Waals surface area contributed by atoms with E-state index < -0.39 is 0 Å². The number of benzene rings is 1. The van der Waals surface area contributed by atoms with Gasteiger partial charge < -0.3 is 15.4 Å². The van der Waals surface area contributed by atoms with Crippen LogP contribution in [0.5, 0.6) is 5.75 Å². The summed E-state index contributed by atoms with van der Waals surface area (Å²) in [7, 11) is 1.62. The van der Waals surface area contributed by atoms with E-state index in [1.54, 1.807) is 19.2 Å². The number of carbonyl (C=O) groups excluding carboxylic acids is 1. The monoisotopic (exact) mass is 299 g/mol. The summed E-state index contributed by atoms with van der Waals surface area (Å²) >= 11 is 0. The van der Waals surface area contributed by atoms with Crippen LogP contribution in [0.2, 0.25) is 0 Å². The van der Waals surface area contributed by atoms with Gasteiger partial charge in [0.15, 0.2) is 11.6 Å². The van der Waals surface area contributed by atoms with E-state index in [-0.39, 0.29) is 6.03 Å². The lowest BCUT2D eigenvalue weighted by atomic mass is 10.3. The van der Waals surface area contributed by atoms with Gasteiger partial charge in [0, 0.05) is 11.7 Å². The summed E-state index contributed by atoms with van der Waals surface area (Å²) in [5.74, 6) is 1.80. The predicted molar refractivity (Wildman–Crippen MR) is 83.5 cm³/mol. The van der Waals surface area contributed by atoms with Gasteiger partial charge in [-0.05, 0) is 49.2 Å². The first kappa shape index (κ1) is 14.1. The zero-order chi connectivity index (χ0) is 15.4. The SMILES string of the molecule is COc1ccc(Nc2ccc(NC(=O)NC3CC3)nn2)cc1. The first-order chi connectivity index (χ1) is 10.7. The van der Waals surface area contributed by atoms with Gasteiger partial charge in [-0.1, -0.05) is 0 Å². The number of hydrogen-bond donors (Lipinski definition) is 3. The van der Waals surface area contributed by atoms with E-state index in [0.29, 0.717) is 17.7 Å². The summed E-state index contributed by atoms with van der Waals surface area (Å²) in [6, 6.07) is 11.0. The average Bonchev–Trinajstić information content (AvgIpc) is 3.34. The van der Waals surface area contributed by atoms with Gasteiger partial charge in [-0.3, -0.25) is 5.32 Å². The van der Waals surface area contributed by atoms with Crippen molar-refractivity contribution in [2.24, 2.45) is 0 Å². The van der Waals surface area contributed by atoms with Gasteiger partial charge in [-0.2, -0.15) is 0 Å². The van der Waals surface area contributed by atoms with Crippen LogP contribution in [-0.4, -0.2) is 29.4 Å². The molecule has 0 radical (unpaired) electrons. The van der Waals surface area contributed by atoms with Crippen molar-refractivity contribution in [1.82, 2.24) is 15.5 Å². The van der Waals surface area contributed by atoms with Gasteiger partial charge in [-0.25, -0.2) is 4.79 Å². The van der Waals surface area contributed by atoms with Gasteiger partial charge in [0.1, 0.15) is 5.75 Å². The van der Waals surface area contributed by atoms with Crippen LogP contribution in [0, 0.1) is 0 Å². The molecule has 0 spiro atoms. The largest absolute Gasteiger partial charge is 0.497 e. The van der Waals surface area contributed by atoms with E-state index >= 15 is 0 Å². The second-order valence-corrected chi connectivity index (χ2v) is 5.03. The van der Waals surface area contributed by atoms with E-state index in [4.69, 9.17) is 4.74 Å². The molecule has 1 aromatic carbocycles. The lowest BCUT2D eigenvalue weighted by Gasteiger charge is -2.08. The number of anilines is 3. The highest BCUT2D eigenvalue weighted by Crippen LogP contribution is 2.20. The molecule has 0 atom stereocenters. The molecule has 2 aromatic rings. The Labute approximate surface area is 128 Å². The number of aromatic nitrogens is 2. The Morgan fingerprint density at radius 2 is 1.77 bits per heavy atom. The fourth-order valence-corrected chi connectivity index (χ4v) is 1.85. The van der Waals surface area contributed by atoms with Crippen molar-refractivity contribution < 1.29 is 9.53 Å². The Morgan fingerprint density at radius 3 is 2.36 bits per heavy atom. The number of nitrogens with zero attached hydrogens (tertiary/aromatic N) is 2. The third-order valence-electron chi connectivity index (χ3n) is 3.18.